The minimum Gasteiger partial charge on any atom is -0.221 e. The molecule has 0 aliphatic heterocycles. The van der Waals surface area contributed by atoms with Crippen LogP contribution in [0.3, 0.4) is 0 Å². The number of hydrogen-bond donors (Lipinski definition) is 0. The van der Waals surface area contributed by atoms with Crippen LogP contribution in [0, 0.1) is 20.8 Å². The Labute approximate surface area is 141 Å². The molecule has 0 unspecified atom stereocenters. The maximum absolute atomic E-state index is 4.13. The number of aromatic nitrogens is 5. The lowest BCUT2D eigenvalue weighted by Crippen LogP contribution is -1.93. The highest BCUT2D eigenvalue weighted by Crippen LogP contribution is 2.20. The van der Waals surface area contributed by atoms with E-state index in [-0.39, 0.29) is 0 Å². The molecule has 3 heterocycles. The first kappa shape index (κ1) is 16.1. The second kappa shape index (κ2) is 6.74. The smallest absolute Gasteiger partial charge is 0.155 e. The van der Waals surface area contributed by atoms with Gasteiger partial charge in [0.25, 0.3) is 0 Å². The molecule has 0 atom stereocenters. The molecule has 5 heteroatoms. The van der Waals surface area contributed by atoms with Crippen molar-refractivity contribution in [3.63, 3.8) is 0 Å². The van der Waals surface area contributed by atoms with E-state index in [0.29, 0.717) is 0 Å². The van der Waals surface area contributed by atoms with Gasteiger partial charge in [0.05, 0.1) is 11.4 Å². The molecular weight excluding hydrogens is 298 g/mol. The molecule has 24 heavy (non-hydrogen) atoms. The Balaban J connectivity index is 0.000000149. The Morgan fingerprint density at radius 3 is 2.42 bits per heavy atom. The highest BCUT2D eigenvalue weighted by Gasteiger charge is 2.03. The van der Waals surface area contributed by atoms with Gasteiger partial charge in [-0.1, -0.05) is 25.1 Å². The van der Waals surface area contributed by atoms with Crippen LogP contribution >= 0.6 is 0 Å². The summed E-state index contributed by atoms with van der Waals surface area (Å²) >= 11 is 0. The van der Waals surface area contributed by atoms with Crippen LogP contribution in [0.2, 0.25) is 0 Å². The first-order chi connectivity index (χ1) is 11.6. The molecule has 0 amide bonds. The van der Waals surface area contributed by atoms with Gasteiger partial charge in [-0.15, -0.1) is 0 Å². The average molecular weight is 319 g/mol. The van der Waals surface area contributed by atoms with Crippen LogP contribution in [0.5, 0.6) is 0 Å². The molecule has 1 aromatic carbocycles. The van der Waals surface area contributed by atoms with Gasteiger partial charge in [0.15, 0.2) is 5.65 Å². The van der Waals surface area contributed by atoms with Crippen LogP contribution in [0.4, 0.5) is 0 Å². The van der Waals surface area contributed by atoms with E-state index in [0.717, 1.165) is 23.5 Å². The maximum Gasteiger partial charge on any atom is 0.155 e. The molecule has 4 rings (SSSR count). The molecule has 0 saturated carbocycles. The minimum absolute atomic E-state index is 0.894. The summed E-state index contributed by atoms with van der Waals surface area (Å²) in [4.78, 5) is 4.01. The Morgan fingerprint density at radius 1 is 0.917 bits per heavy atom. The van der Waals surface area contributed by atoms with Crippen molar-refractivity contribution in [1.29, 1.82) is 0 Å². The van der Waals surface area contributed by atoms with Crippen molar-refractivity contribution in [3.8, 4) is 0 Å². The molecule has 0 aliphatic carbocycles. The summed E-state index contributed by atoms with van der Waals surface area (Å²) in [5.74, 6) is 0. The number of fused-ring (bicyclic) bond motifs is 2. The molecule has 0 radical (unpaired) electrons. The SMILES string of the molecule is CCc1ccc2c(C)nnc(C)c2c1.Cc1ccc2ncnn2c1. The van der Waals surface area contributed by atoms with E-state index in [9.17, 15) is 0 Å². The zero-order valence-corrected chi connectivity index (χ0v) is 14.5. The van der Waals surface area contributed by atoms with Crippen LogP contribution in [-0.4, -0.2) is 24.8 Å². The quantitative estimate of drug-likeness (QED) is 0.535. The average Bonchev–Trinajstić information content (AvgIpc) is 3.06. The summed E-state index contributed by atoms with van der Waals surface area (Å²) in [5, 5.41) is 14.7. The van der Waals surface area contributed by atoms with Gasteiger partial charge in [-0.05, 0) is 50.5 Å². The molecule has 0 N–H and O–H groups in total. The second-order valence-electron chi connectivity index (χ2n) is 5.87. The lowest BCUT2D eigenvalue weighted by Gasteiger charge is -2.05. The van der Waals surface area contributed by atoms with Crippen molar-refractivity contribution in [2.24, 2.45) is 0 Å². The van der Waals surface area contributed by atoms with Gasteiger partial charge in [0.1, 0.15) is 6.33 Å². The summed E-state index contributed by atoms with van der Waals surface area (Å²) in [7, 11) is 0. The van der Waals surface area contributed by atoms with Crippen LogP contribution < -0.4 is 0 Å². The number of nitrogens with zero attached hydrogens (tertiary/aromatic N) is 5. The molecule has 4 aromatic rings. The van der Waals surface area contributed by atoms with Gasteiger partial charge in [-0.3, -0.25) is 0 Å². The van der Waals surface area contributed by atoms with E-state index in [4.69, 9.17) is 0 Å². The predicted molar refractivity (Wildman–Crippen MR) is 96.1 cm³/mol. The molecule has 122 valence electrons. The highest BCUT2D eigenvalue weighted by molar-refractivity contribution is 5.86. The van der Waals surface area contributed by atoms with Crippen LogP contribution in [0.25, 0.3) is 16.4 Å². The third-order valence-corrected chi connectivity index (χ3v) is 4.04. The van der Waals surface area contributed by atoms with Gasteiger partial charge < -0.3 is 0 Å². The standard InChI is InChI=1S/C12H14N2.C7H7N3/c1-4-10-5-6-11-8(2)13-14-9(3)12(11)7-10;1-6-2-3-7-8-5-9-10(7)4-6/h5-7H,4H2,1-3H3;2-5H,1H3. The van der Waals surface area contributed by atoms with Crippen molar-refractivity contribution in [1.82, 2.24) is 24.8 Å². The molecule has 3 aromatic heterocycles. The maximum atomic E-state index is 4.13. The first-order valence-electron chi connectivity index (χ1n) is 8.07. The summed E-state index contributed by atoms with van der Waals surface area (Å²) in [6.45, 7) is 8.20. The monoisotopic (exact) mass is 319 g/mol. The van der Waals surface area contributed by atoms with Crippen molar-refractivity contribution >= 4 is 16.4 Å². The fourth-order valence-corrected chi connectivity index (χ4v) is 2.60. The zero-order valence-electron chi connectivity index (χ0n) is 14.5. The van der Waals surface area contributed by atoms with Gasteiger partial charge in [0.2, 0.25) is 0 Å². The number of aryl methyl sites for hydroxylation is 4. The van der Waals surface area contributed by atoms with Gasteiger partial charge in [-0.2, -0.15) is 15.3 Å². The van der Waals surface area contributed by atoms with Crippen LogP contribution in [-0.2, 0) is 6.42 Å². The summed E-state index contributed by atoms with van der Waals surface area (Å²) in [6.07, 6.45) is 4.56. The van der Waals surface area contributed by atoms with Gasteiger partial charge in [-0.25, -0.2) is 9.50 Å². The van der Waals surface area contributed by atoms with Crippen molar-refractivity contribution in [2.45, 2.75) is 34.1 Å². The van der Waals surface area contributed by atoms with E-state index >= 15 is 0 Å². The molecule has 0 spiro atoms. The number of pyridine rings is 1. The van der Waals surface area contributed by atoms with Gasteiger partial charge >= 0.3 is 0 Å². The Morgan fingerprint density at radius 2 is 1.67 bits per heavy atom. The van der Waals surface area contributed by atoms with E-state index in [2.05, 4.69) is 45.4 Å². The van der Waals surface area contributed by atoms with E-state index in [1.165, 1.54) is 21.9 Å². The normalized spacial score (nSPS) is 10.7. The van der Waals surface area contributed by atoms with Crippen molar-refractivity contribution in [2.75, 3.05) is 0 Å². The molecular formula is C19H21N5. The van der Waals surface area contributed by atoms with Crippen molar-refractivity contribution < 1.29 is 0 Å². The Hall–Kier alpha value is -2.82. The molecule has 5 nitrogen and oxygen atoms in total. The highest BCUT2D eigenvalue weighted by atomic mass is 15.3. The van der Waals surface area contributed by atoms with E-state index in [1.54, 1.807) is 10.8 Å². The molecule has 0 saturated heterocycles. The van der Waals surface area contributed by atoms with Gasteiger partial charge in [0, 0.05) is 17.0 Å². The lowest BCUT2D eigenvalue weighted by atomic mass is 10.0. The Kier molecular flexibility index (Phi) is 4.51. The van der Waals surface area contributed by atoms with Crippen LogP contribution in [0.15, 0.2) is 42.9 Å². The number of benzene rings is 1. The summed E-state index contributed by atoms with van der Waals surface area (Å²) < 4.78 is 1.76. The zero-order chi connectivity index (χ0) is 17.1. The fraction of sp³-hybridized carbons (Fsp3) is 0.263. The Bertz CT molecular complexity index is 988. The third-order valence-electron chi connectivity index (χ3n) is 4.04. The predicted octanol–water partition coefficient (Wildman–Crippen LogP) is 3.85. The first-order valence-corrected chi connectivity index (χ1v) is 8.07. The van der Waals surface area contributed by atoms with E-state index < -0.39 is 0 Å². The summed E-state index contributed by atoms with van der Waals surface area (Å²) in [6, 6.07) is 10.5. The lowest BCUT2D eigenvalue weighted by molar-refractivity contribution is 0.952. The number of hydrogen-bond acceptors (Lipinski definition) is 4. The van der Waals surface area contributed by atoms with Crippen LogP contribution in [0.1, 0.15) is 29.4 Å². The summed E-state index contributed by atoms with van der Waals surface area (Å²) in [5.41, 5.74) is 5.46. The topological polar surface area (TPSA) is 56.0 Å². The van der Waals surface area contributed by atoms with E-state index in [1.807, 2.05) is 39.1 Å². The van der Waals surface area contributed by atoms with Crippen molar-refractivity contribution in [3.05, 3.63) is 65.4 Å². The fourth-order valence-electron chi connectivity index (χ4n) is 2.60. The third kappa shape index (κ3) is 3.25. The minimum atomic E-state index is 0.894. The largest absolute Gasteiger partial charge is 0.221 e. The molecule has 0 bridgehead atoms. The number of rotatable bonds is 1. The second-order valence-corrected chi connectivity index (χ2v) is 5.87. The molecule has 0 aliphatic rings. The molecule has 0 fully saturated rings.